The van der Waals surface area contributed by atoms with Crippen LogP contribution in [0.1, 0.15) is 44.9 Å². The first kappa shape index (κ1) is 16.1. The van der Waals surface area contributed by atoms with Gasteiger partial charge in [-0.05, 0) is 38.5 Å². The van der Waals surface area contributed by atoms with E-state index in [1.54, 1.807) is 0 Å². The number of rotatable bonds is 4. The van der Waals surface area contributed by atoms with Crippen LogP contribution in [0.5, 0.6) is 0 Å². The smallest absolute Gasteiger partial charge is 0.236 e. The fourth-order valence-corrected chi connectivity index (χ4v) is 3.95. The Bertz CT molecular complexity index is 349. The van der Waals surface area contributed by atoms with E-state index in [4.69, 9.17) is 4.74 Å². The predicted molar refractivity (Wildman–Crippen MR) is 81.2 cm³/mol. The molecule has 1 N–H and O–H groups in total. The van der Waals surface area contributed by atoms with Crippen molar-refractivity contribution in [2.24, 2.45) is 5.41 Å². The molecule has 3 rings (SSSR count). The topological polar surface area (TPSA) is 41.6 Å². The van der Waals surface area contributed by atoms with Crippen LogP contribution in [0.3, 0.4) is 0 Å². The van der Waals surface area contributed by atoms with Gasteiger partial charge >= 0.3 is 0 Å². The van der Waals surface area contributed by atoms with Crippen LogP contribution >= 0.6 is 12.4 Å². The van der Waals surface area contributed by atoms with Gasteiger partial charge in [0.1, 0.15) is 0 Å². The molecule has 2 aliphatic carbocycles. The molecular formula is C15H27ClN2O2. The predicted octanol–water partition coefficient (Wildman–Crippen LogP) is 1.97. The lowest BCUT2D eigenvalue weighted by atomic mass is 9.76. The summed E-state index contributed by atoms with van der Waals surface area (Å²) in [6.07, 6.45) is 8.84. The van der Waals surface area contributed by atoms with E-state index in [-0.39, 0.29) is 23.7 Å². The average Bonchev–Trinajstić information content (AvgIpc) is 3.19. The van der Waals surface area contributed by atoms with E-state index in [1.165, 1.54) is 38.5 Å². The molecular weight excluding hydrogens is 276 g/mol. The summed E-state index contributed by atoms with van der Waals surface area (Å²) >= 11 is 0. The Kier molecular flexibility index (Phi) is 5.32. The van der Waals surface area contributed by atoms with Gasteiger partial charge in [0.05, 0.1) is 12.6 Å². The highest BCUT2D eigenvalue weighted by Crippen LogP contribution is 2.46. The number of nitrogens with one attached hydrogen (secondary N) is 1. The minimum atomic E-state index is 0. The third kappa shape index (κ3) is 3.29. The Balaban J connectivity index is 0.00000147. The molecule has 20 heavy (non-hydrogen) atoms. The molecule has 0 aromatic carbocycles. The van der Waals surface area contributed by atoms with Crippen molar-refractivity contribution in [1.29, 1.82) is 0 Å². The van der Waals surface area contributed by atoms with Gasteiger partial charge < -0.3 is 15.0 Å². The molecule has 0 radical (unpaired) electrons. The quantitative estimate of drug-likeness (QED) is 0.863. The van der Waals surface area contributed by atoms with Crippen LogP contribution in [-0.2, 0) is 9.53 Å². The fraction of sp³-hybridized carbons (Fsp3) is 0.933. The van der Waals surface area contributed by atoms with Crippen molar-refractivity contribution in [1.82, 2.24) is 10.2 Å². The van der Waals surface area contributed by atoms with Gasteiger partial charge in [0.15, 0.2) is 0 Å². The summed E-state index contributed by atoms with van der Waals surface area (Å²) in [7, 11) is 1.83. The van der Waals surface area contributed by atoms with E-state index in [9.17, 15) is 4.79 Å². The SMILES string of the molecule is CO[C@@H]1CCC[C@]12CCCN(C(=O)CNC1CC1)C2.Cl. The normalized spacial score (nSPS) is 33.2. The number of hydrogen-bond acceptors (Lipinski definition) is 3. The Hall–Kier alpha value is -0.320. The van der Waals surface area contributed by atoms with E-state index >= 15 is 0 Å². The van der Waals surface area contributed by atoms with Crippen molar-refractivity contribution in [3.05, 3.63) is 0 Å². The highest BCUT2D eigenvalue weighted by atomic mass is 35.5. The molecule has 3 fully saturated rings. The Labute approximate surface area is 128 Å². The summed E-state index contributed by atoms with van der Waals surface area (Å²) in [5.41, 5.74) is 0.252. The largest absolute Gasteiger partial charge is 0.381 e. The zero-order chi connectivity index (χ0) is 13.3. The lowest BCUT2D eigenvalue weighted by Crippen LogP contribution is -2.51. The maximum Gasteiger partial charge on any atom is 0.236 e. The number of carbonyl (C=O) groups excluding carboxylic acids is 1. The van der Waals surface area contributed by atoms with Gasteiger partial charge in [0, 0.05) is 31.7 Å². The van der Waals surface area contributed by atoms with Crippen molar-refractivity contribution in [3.63, 3.8) is 0 Å². The highest BCUT2D eigenvalue weighted by Gasteiger charge is 2.46. The second kappa shape index (κ2) is 6.63. The first-order valence-electron chi connectivity index (χ1n) is 7.77. The number of methoxy groups -OCH3 is 1. The first-order chi connectivity index (χ1) is 9.23. The van der Waals surface area contributed by atoms with Gasteiger partial charge in [-0.15, -0.1) is 12.4 Å². The second-order valence-electron chi connectivity index (χ2n) is 6.55. The number of piperidine rings is 1. The van der Waals surface area contributed by atoms with Crippen molar-refractivity contribution >= 4 is 18.3 Å². The Morgan fingerprint density at radius 2 is 2.05 bits per heavy atom. The second-order valence-corrected chi connectivity index (χ2v) is 6.55. The summed E-state index contributed by atoms with van der Waals surface area (Å²) in [6.45, 7) is 2.37. The van der Waals surface area contributed by atoms with Gasteiger partial charge in [-0.25, -0.2) is 0 Å². The van der Waals surface area contributed by atoms with Crippen LogP contribution in [0, 0.1) is 5.41 Å². The average molecular weight is 303 g/mol. The minimum absolute atomic E-state index is 0. The van der Waals surface area contributed by atoms with Crippen LogP contribution in [0.4, 0.5) is 0 Å². The maximum absolute atomic E-state index is 12.3. The van der Waals surface area contributed by atoms with Crippen LogP contribution < -0.4 is 5.32 Å². The van der Waals surface area contributed by atoms with E-state index in [0.717, 1.165) is 19.5 Å². The molecule has 1 amide bonds. The minimum Gasteiger partial charge on any atom is -0.381 e. The zero-order valence-corrected chi connectivity index (χ0v) is 13.2. The van der Waals surface area contributed by atoms with Crippen LogP contribution in [-0.4, -0.2) is 49.7 Å². The van der Waals surface area contributed by atoms with Crippen molar-refractivity contribution < 1.29 is 9.53 Å². The third-order valence-electron chi connectivity index (χ3n) is 5.19. The van der Waals surface area contributed by atoms with Gasteiger partial charge in [-0.3, -0.25) is 4.79 Å². The molecule has 116 valence electrons. The first-order valence-corrected chi connectivity index (χ1v) is 7.77. The third-order valence-corrected chi connectivity index (χ3v) is 5.19. The van der Waals surface area contributed by atoms with E-state index in [1.807, 2.05) is 7.11 Å². The number of halogens is 1. The molecule has 3 aliphatic rings. The van der Waals surface area contributed by atoms with Crippen LogP contribution in [0.2, 0.25) is 0 Å². The molecule has 0 aromatic rings. The van der Waals surface area contributed by atoms with Crippen LogP contribution in [0.15, 0.2) is 0 Å². The van der Waals surface area contributed by atoms with E-state index in [2.05, 4.69) is 10.2 Å². The molecule has 4 nitrogen and oxygen atoms in total. The number of nitrogens with zero attached hydrogens (tertiary/aromatic N) is 1. The zero-order valence-electron chi connectivity index (χ0n) is 12.4. The van der Waals surface area contributed by atoms with Gasteiger partial charge in [0.2, 0.25) is 5.91 Å². The molecule has 1 aliphatic heterocycles. The molecule has 1 heterocycles. The summed E-state index contributed by atoms with van der Waals surface area (Å²) in [5.74, 6) is 0.285. The Morgan fingerprint density at radius 1 is 1.30 bits per heavy atom. The van der Waals surface area contributed by atoms with Crippen molar-refractivity contribution in [3.8, 4) is 0 Å². The summed E-state index contributed by atoms with van der Waals surface area (Å²) < 4.78 is 5.69. The number of amides is 1. The summed E-state index contributed by atoms with van der Waals surface area (Å²) in [6, 6.07) is 0.612. The number of carbonyl (C=O) groups is 1. The number of likely N-dealkylation sites (tertiary alicyclic amines) is 1. The van der Waals surface area contributed by atoms with E-state index in [0.29, 0.717) is 18.7 Å². The molecule has 1 saturated heterocycles. The standard InChI is InChI=1S/C15H26N2O2.ClH/c1-19-13-4-2-7-15(13)8-3-9-17(11-15)14(18)10-16-12-5-6-12;/h12-13,16H,2-11H2,1H3;1H/t13-,15-;/m1./s1. The summed E-state index contributed by atoms with van der Waals surface area (Å²) in [5, 5.41) is 3.34. The fourth-order valence-electron chi connectivity index (χ4n) is 3.95. The molecule has 2 atom stereocenters. The Morgan fingerprint density at radius 3 is 2.75 bits per heavy atom. The number of ether oxygens (including phenoxy) is 1. The molecule has 5 heteroatoms. The maximum atomic E-state index is 12.3. The molecule has 0 aromatic heterocycles. The van der Waals surface area contributed by atoms with Crippen LogP contribution in [0.25, 0.3) is 0 Å². The van der Waals surface area contributed by atoms with E-state index < -0.39 is 0 Å². The summed E-state index contributed by atoms with van der Waals surface area (Å²) in [4.78, 5) is 14.4. The highest BCUT2D eigenvalue weighted by molar-refractivity contribution is 5.85. The molecule has 0 unspecified atom stereocenters. The lowest BCUT2D eigenvalue weighted by Gasteiger charge is -2.43. The molecule has 2 saturated carbocycles. The van der Waals surface area contributed by atoms with Gasteiger partial charge in [-0.1, -0.05) is 6.42 Å². The molecule has 0 bridgehead atoms. The molecule has 1 spiro atoms. The monoisotopic (exact) mass is 302 g/mol. The van der Waals surface area contributed by atoms with Crippen molar-refractivity contribution in [2.45, 2.75) is 57.1 Å². The lowest BCUT2D eigenvalue weighted by molar-refractivity contribution is -0.136. The van der Waals surface area contributed by atoms with Gasteiger partial charge in [0.25, 0.3) is 0 Å². The van der Waals surface area contributed by atoms with Gasteiger partial charge in [-0.2, -0.15) is 0 Å². The number of hydrogen-bond donors (Lipinski definition) is 1. The van der Waals surface area contributed by atoms with Crippen molar-refractivity contribution in [2.75, 3.05) is 26.7 Å².